The molecule has 1 rings (SSSR count). The minimum atomic E-state index is -0.150. The highest BCUT2D eigenvalue weighted by Gasteiger charge is 2.10. The topological polar surface area (TPSA) is 53.2 Å². The molecule has 2 amide bonds. The van der Waals surface area contributed by atoms with Gasteiger partial charge >= 0.3 is 6.03 Å². The predicted octanol–water partition coefficient (Wildman–Crippen LogP) is 3.52. The first kappa shape index (κ1) is 16.5. The largest absolute Gasteiger partial charge is 0.338 e. The molecule has 4 nitrogen and oxygen atoms in total. The molecule has 0 saturated carbocycles. The van der Waals surface area contributed by atoms with Gasteiger partial charge in [-0.25, -0.2) is 4.79 Å². The smallest absolute Gasteiger partial charge is 0.319 e. The number of carbonyl (C=O) groups excluding carboxylic acids is 1. The van der Waals surface area contributed by atoms with Crippen LogP contribution in [0.15, 0.2) is 24.3 Å². The van der Waals surface area contributed by atoms with Gasteiger partial charge < -0.3 is 16.0 Å². The van der Waals surface area contributed by atoms with E-state index >= 15 is 0 Å². The third-order valence-corrected chi connectivity index (χ3v) is 3.24. The van der Waals surface area contributed by atoms with Crippen LogP contribution in [0, 0.1) is 5.41 Å². The maximum absolute atomic E-state index is 11.8. The summed E-state index contributed by atoms with van der Waals surface area (Å²) in [5.74, 6) is 0. The zero-order valence-corrected chi connectivity index (χ0v) is 13.2. The number of anilines is 1. The Labute approximate surface area is 122 Å². The molecule has 1 aromatic rings. The van der Waals surface area contributed by atoms with Crippen molar-refractivity contribution < 1.29 is 4.79 Å². The van der Waals surface area contributed by atoms with Gasteiger partial charge in [0, 0.05) is 18.3 Å². The quantitative estimate of drug-likeness (QED) is 0.771. The summed E-state index contributed by atoms with van der Waals surface area (Å²) >= 11 is 0. The normalized spacial score (nSPS) is 12.8. The van der Waals surface area contributed by atoms with Gasteiger partial charge in [0.15, 0.2) is 0 Å². The molecule has 20 heavy (non-hydrogen) atoms. The van der Waals surface area contributed by atoms with Crippen molar-refractivity contribution in [3.8, 4) is 0 Å². The van der Waals surface area contributed by atoms with E-state index in [9.17, 15) is 4.79 Å². The van der Waals surface area contributed by atoms with E-state index in [0.717, 1.165) is 17.7 Å². The summed E-state index contributed by atoms with van der Waals surface area (Å²) in [7, 11) is 1.92. The van der Waals surface area contributed by atoms with Crippen LogP contribution in [0.5, 0.6) is 0 Å². The zero-order chi connectivity index (χ0) is 15.2. The van der Waals surface area contributed by atoms with Crippen LogP contribution in [0.2, 0.25) is 0 Å². The van der Waals surface area contributed by atoms with Crippen molar-refractivity contribution in [2.45, 2.75) is 40.2 Å². The third-order valence-electron chi connectivity index (χ3n) is 3.24. The summed E-state index contributed by atoms with van der Waals surface area (Å²) in [4.78, 5) is 11.8. The molecule has 0 aliphatic heterocycles. The Bertz CT molecular complexity index is 438. The number of benzene rings is 1. The van der Waals surface area contributed by atoms with Gasteiger partial charge in [-0.05, 0) is 43.5 Å². The standard InChI is InChI=1S/C16H27N3O/c1-12(17-5)13-7-6-8-14(11-13)19-15(20)18-10-9-16(2,3)4/h6-8,11-12,17H,9-10H2,1-5H3,(H2,18,19,20). The summed E-state index contributed by atoms with van der Waals surface area (Å²) in [6.07, 6.45) is 0.956. The highest BCUT2D eigenvalue weighted by molar-refractivity contribution is 5.89. The maximum atomic E-state index is 11.8. The fourth-order valence-corrected chi connectivity index (χ4v) is 1.78. The van der Waals surface area contributed by atoms with Gasteiger partial charge in [-0.2, -0.15) is 0 Å². The first-order valence-electron chi connectivity index (χ1n) is 7.14. The molecule has 0 bridgehead atoms. The van der Waals surface area contributed by atoms with Crippen molar-refractivity contribution in [3.63, 3.8) is 0 Å². The second kappa shape index (κ2) is 7.29. The molecule has 0 aliphatic carbocycles. The minimum absolute atomic E-state index is 0.150. The fourth-order valence-electron chi connectivity index (χ4n) is 1.78. The molecule has 3 N–H and O–H groups in total. The van der Waals surface area contributed by atoms with Crippen LogP contribution in [0.1, 0.15) is 45.7 Å². The lowest BCUT2D eigenvalue weighted by Gasteiger charge is -2.18. The van der Waals surface area contributed by atoms with Gasteiger partial charge in [0.25, 0.3) is 0 Å². The predicted molar refractivity (Wildman–Crippen MR) is 85.0 cm³/mol. The molecule has 1 unspecified atom stereocenters. The van der Waals surface area contributed by atoms with Crippen LogP contribution >= 0.6 is 0 Å². The van der Waals surface area contributed by atoms with Crippen LogP contribution in [0.4, 0.5) is 10.5 Å². The molecule has 0 radical (unpaired) electrons. The summed E-state index contributed by atoms with van der Waals surface area (Å²) in [5.41, 5.74) is 2.20. The van der Waals surface area contributed by atoms with Crippen molar-refractivity contribution in [1.82, 2.24) is 10.6 Å². The Kier molecular flexibility index (Phi) is 6.02. The van der Waals surface area contributed by atoms with Crippen LogP contribution in [-0.4, -0.2) is 19.6 Å². The van der Waals surface area contributed by atoms with Crippen LogP contribution < -0.4 is 16.0 Å². The monoisotopic (exact) mass is 277 g/mol. The molecule has 0 aliphatic rings. The van der Waals surface area contributed by atoms with Crippen molar-refractivity contribution in [2.75, 3.05) is 18.9 Å². The van der Waals surface area contributed by atoms with E-state index in [-0.39, 0.29) is 17.5 Å². The Hall–Kier alpha value is -1.55. The van der Waals surface area contributed by atoms with Gasteiger partial charge in [-0.15, -0.1) is 0 Å². The molecule has 1 atom stereocenters. The first-order valence-corrected chi connectivity index (χ1v) is 7.14. The van der Waals surface area contributed by atoms with Gasteiger partial charge in [-0.1, -0.05) is 32.9 Å². The summed E-state index contributed by atoms with van der Waals surface area (Å²) in [6, 6.07) is 8.00. The summed E-state index contributed by atoms with van der Waals surface area (Å²) < 4.78 is 0. The van der Waals surface area contributed by atoms with Gasteiger partial charge in [0.05, 0.1) is 0 Å². The molecule has 0 spiro atoms. The first-order chi connectivity index (χ1) is 9.31. The van der Waals surface area contributed by atoms with Gasteiger partial charge in [0.1, 0.15) is 0 Å². The average Bonchev–Trinajstić information content (AvgIpc) is 2.36. The van der Waals surface area contributed by atoms with Crippen LogP contribution in [0.3, 0.4) is 0 Å². The Balaban J connectivity index is 2.50. The number of hydrogen-bond acceptors (Lipinski definition) is 2. The van der Waals surface area contributed by atoms with Crippen molar-refractivity contribution in [3.05, 3.63) is 29.8 Å². The third kappa shape index (κ3) is 6.06. The Morgan fingerprint density at radius 1 is 1.30 bits per heavy atom. The van der Waals surface area contributed by atoms with E-state index in [2.05, 4.69) is 43.6 Å². The number of carbonyl (C=O) groups is 1. The fraction of sp³-hybridized carbons (Fsp3) is 0.562. The molecular weight excluding hydrogens is 250 g/mol. The number of rotatable bonds is 5. The maximum Gasteiger partial charge on any atom is 0.319 e. The zero-order valence-electron chi connectivity index (χ0n) is 13.2. The van der Waals surface area contributed by atoms with E-state index < -0.39 is 0 Å². The molecule has 4 heteroatoms. The van der Waals surface area contributed by atoms with E-state index in [1.54, 1.807) is 0 Å². The van der Waals surface area contributed by atoms with E-state index in [4.69, 9.17) is 0 Å². The number of nitrogens with one attached hydrogen (secondary N) is 3. The van der Waals surface area contributed by atoms with Crippen LogP contribution in [0.25, 0.3) is 0 Å². The molecular formula is C16H27N3O. The molecule has 0 saturated heterocycles. The SMILES string of the molecule is CNC(C)c1cccc(NC(=O)NCCC(C)(C)C)c1. The number of hydrogen-bond donors (Lipinski definition) is 3. The molecule has 0 fully saturated rings. The Morgan fingerprint density at radius 2 is 2.00 bits per heavy atom. The van der Waals surface area contributed by atoms with E-state index in [1.165, 1.54) is 0 Å². The van der Waals surface area contributed by atoms with Gasteiger partial charge in [0.2, 0.25) is 0 Å². The number of urea groups is 1. The lowest BCUT2D eigenvalue weighted by molar-refractivity contribution is 0.250. The minimum Gasteiger partial charge on any atom is -0.338 e. The average molecular weight is 277 g/mol. The van der Waals surface area contributed by atoms with E-state index in [1.807, 2.05) is 31.3 Å². The second-order valence-electron chi connectivity index (χ2n) is 6.33. The number of amides is 2. The summed E-state index contributed by atoms with van der Waals surface area (Å²) in [5, 5.41) is 8.94. The Morgan fingerprint density at radius 3 is 2.60 bits per heavy atom. The van der Waals surface area contributed by atoms with Crippen molar-refractivity contribution in [2.24, 2.45) is 5.41 Å². The highest BCUT2D eigenvalue weighted by Crippen LogP contribution is 2.18. The molecule has 0 heterocycles. The van der Waals surface area contributed by atoms with Crippen LogP contribution in [-0.2, 0) is 0 Å². The highest BCUT2D eigenvalue weighted by atomic mass is 16.2. The van der Waals surface area contributed by atoms with Crippen molar-refractivity contribution >= 4 is 11.7 Å². The van der Waals surface area contributed by atoms with E-state index in [0.29, 0.717) is 6.54 Å². The molecule has 1 aromatic carbocycles. The van der Waals surface area contributed by atoms with Crippen molar-refractivity contribution in [1.29, 1.82) is 0 Å². The lowest BCUT2D eigenvalue weighted by Crippen LogP contribution is -2.31. The molecule has 0 aromatic heterocycles. The van der Waals surface area contributed by atoms with Gasteiger partial charge in [-0.3, -0.25) is 0 Å². The lowest BCUT2D eigenvalue weighted by atomic mass is 9.92. The summed E-state index contributed by atoms with van der Waals surface area (Å²) in [6.45, 7) is 9.25. The second-order valence-corrected chi connectivity index (χ2v) is 6.33. The molecule has 112 valence electrons.